The van der Waals surface area contributed by atoms with Gasteiger partial charge in [-0.15, -0.1) is 0 Å². The summed E-state index contributed by atoms with van der Waals surface area (Å²) in [5.74, 6) is -0.498. The second-order valence-corrected chi connectivity index (χ2v) is 6.58. The van der Waals surface area contributed by atoms with Crippen molar-refractivity contribution in [1.29, 1.82) is 0 Å². The van der Waals surface area contributed by atoms with E-state index in [0.29, 0.717) is 19.0 Å². The van der Waals surface area contributed by atoms with E-state index in [1.165, 1.54) is 12.1 Å². The average Bonchev–Trinajstić information content (AvgIpc) is 2.33. The summed E-state index contributed by atoms with van der Waals surface area (Å²) in [6, 6.07) is 6.14. The van der Waals surface area contributed by atoms with E-state index in [9.17, 15) is 13.2 Å². The molecule has 0 spiro atoms. The Balaban J connectivity index is 2.92. The third kappa shape index (κ3) is 5.18. The second-order valence-electron chi connectivity index (χ2n) is 5.02. The topological polar surface area (TPSA) is 101 Å². The minimum Gasteiger partial charge on any atom is -0.481 e. The van der Waals surface area contributed by atoms with Gasteiger partial charge in [-0.3, -0.25) is 4.79 Å². The Hall–Kier alpha value is -1.60. The molecule has 0 fully saturated rings. The quantitative estimate of drug-likeness (QED) is 0.789. The van der Waals surface area contributed by atoms with Crippen molar-refractivity contribution in [2.45, 2.75) is 25.2 Å². The molecule has 0 aliphatic heterocycles. The number of rotatable bonds is 7. The Bertz CT molecular complexity index is 552. The van der Waals surface area contributed by atoms with Gasteiger partial charge in [-0.1, -0.05) is 13.8 Å². The highest BCUT2D eigenvalue weighted by Gasteiger charge is 2.12. The third-order valence-corrected chi connectivity index (χ3v) is 3.64. The van der Waals surface area contributed by atoms with Crippen molar-refractivity contribution in [3.05, 3.63) is 24.3 Å². The summed E-state index contributed by atoms with van der Waals surface area (Å²) < 4.78 is 22.4. The molecule has 1 rings (SSSR count). The van der Waals surface area contributed by atoms with Crippen LogP contribution in [0.25, 0.3) is 0 Å². The Morgan fingerprint density at radius 1 is 1.30 bits per heavy atom. The highest BCUT2D eigenvalue weighted by Crippen LogP contribution is 2.19. The largest absolute Gasteiger partial charge is 0.481 e. The van der Waals surface area contributed by atoms with Crippen LogP contribution in [-0.2, 0) is 14.8 Å². The molecule has 0 aliphatic rings. The molecule has 0 atom stereocenters. The van der Waals surface area contributed by atoms with Crippen LogP contribution < -0.4 is 10.0 Å². The van der Waals surface area contributed by atoms with Crippen molar-refractivity contribution in [3.8, 4) is 0 Å². The molecule has 3 N–H and O–H groups in total. The molecule has 0 aliphatic carbocycles. The Morgan fingerprint density at radius 2 is 1.85 bits per heavy atom. The number of sulfonamides is 1. The van der Waals surface area contributed by atoms with Crippen LogP contribution in [0.15, 0.2) is 29.2 Å². The number of hydrogen-bond donors (Lipinski definition) is 2. The van der Waals surface area contributed by atoms with Crippen molar-refractivity contribution in [1.82, 2.24) is 0 Å². The Labute approximate surface area is 119 Å². The van der Waals surface area contributed by atoms with E-state index in [-0.39, 0.29) is 11.3 Å². The molecule has 0 aromatic heterocycles. The number of carbonyl (C=O) groups is 1. The molecule has 0 amide bonds. The molecule has 0 heterocycles. The van der Waals surface area contributed by atoms with E-state index in [1.54, 1.807) is 12.1 Å². The van der Waals surface area contributed by atoms with Gasteiger partial charge in [0.05, 0.1) is 11.3 Å². The first-order valence-corrected chi connectivity index (χ1v) is 7.84. The summed E-state index contributed by atoms with van der Waals surface area (Å²) in [5, 5.41) is 13.8. The van der Waals surface area contributed by atoms with Crippen LogP contribution in [0.4, 0.5) is 5.69 Å². The van der Waals surface area contributed by atoms with Crippen LogP contribution >= 0.6 is 0 Å². The van der Waals surface area contributed by atoms with Crippen LogP contribution in [0.1, 0.15) is 20.3 Å². The summed E-state index contributed by atoms with van der Waals surface area (Å²) in [6.45, 7) is 5.14. The molecule has 0 saturated heterocycles. The minimum atomic E-state index is -3.71. The predicted molar refractivity (Wildman–Crippen MR) is 77.1 cm³/mol. The molecule has 1 aromatic rings. The van der Waals surface area contributed by atoms with E-state index in [1.807, 2.05) is 18.7 Å². The molecule has 0 saturated carbocycles. The molecule has 6 nitrogen and oxygen atoms in total. The van der Waals surface area contributed by atoms with Crippen molar-refractivity contribution in [3.63, 3.8) is 0 Å². The van der Waals surface area contributed by atoms with Gasteiger partial charge in [-0.2, -0.15) is 0 Å². The predicted octanol–water partition coefficient (Wildman–Crippen LogP) is 1.27. The van der Waals surface area contributed by atoms with Crippen molar-refractivity contribution in [2.75, 3.05) is 18.0 Å². The van der Waals surface area contributed by atoms with Crippen molar-refractivity contribution in [2.24, 2.45) is 11.1 Å². The summed E-state index contributed by atoms with van der Waals surface area (Å²) in [5.41, 5.74) is 0.785. The van der Waals surface area contributed by atoms with Gasteiger partial charge in [-0.05, 0) is 30.2 Å². The zero-order chi connectivity index (χ0) is 15.3. The molecule has 7 heteroatoms. The molecule has 112 valence electrons. The number of primary sulfonamides is 1. The number of carboxylic acid groups (broad SMARTS) is 1. The first-order chi connectivity index (χ1) is 9.20. The molecular formula is C13H20N2O4S. The van der Waals surface area contributed by atoms with Crippen molar-refractivity contribution >= 4 is 21.7 Å². The van der Waals surface area contributed by atoms with Gasteiger partial charge >= 0.3 is 5.97 Å². The third-order valence-electron chi connectivity index (χ3n) is 2.71. The highest BCUT2D eigenvalue weighted by atomic mass is 32.2. The van der Waals surface area contributed by atoms with Gasteiger partial charge < -0.3 is 10.0 Å². The maximum absolute atomic E-state index is 11.2. The lowest BCUT2D eigenvalue weighted by Crippen LogP contribution is -2.30. The van der Waals surface area contributed by atoms with Crippen LogP contribution in [-0.4, -0.2) is 32.6 Å². The lowest BCUT2D eigenvalue weighted by molar-refractivity contribution is -0.136. The normalized spacial score (nSPS) is 11.6. The Morgan fingerprint density at radius 3 is 2.25 bits per heavy atom. The summed E-state index contributed by atoms with van der Waals surface area (Å²) >= 11 is 0. The maximum atomic E-state index is 11.2. The number of hydrogen-bond acceptors (Lipinski definition) is 4. The number of anilines is 1. The molecular weight excluding hydrogens is 280 g/mol. The van der Waals surface area contributed by atoms with Gasteiger partial charge in [-0.25, -0.2) is 13.6 Å². The lowest BCUT2D eigenvalue weighted by Gasteiger charge is -2.26. The SMILES string of the molecule is CC(C)CN(CCC(=O)O)c1ccc(S(N)(=O)=O)cc1. The van der Waals surface area contributed by atoms with Crippen LogP contribution in [0, 0.1) is 5.92 Å². The second kappa shape index (κ2) is 6.71. The van der Waals surface area contributed by atoms with Crippen LogP contribution in [0.2, 0.25) is 0 Å². The molecule has 20 heavy (non-hydrogen) atoms. The zero-order valence-electron chi connectivity index (χ0n) is 11.6. The standard InChI is InChI=1S/C13H20N2O4S/c1-10(2)9-15(8-7-13(16)17)11-3-5-12(6-4-11)20(14,18)19/h3-6,10H,7-9H2,1-2H3,(H,16,17)(H2,14,18,19). The van der Waals surface area contributed by atoms with Gasteiger partial charge in [0.1, 0.15) is 0 Å². The van der Waals surface area contributed by atoms with Crippen LogP contribution in [0.3, 0.4) is 0 Å². The lowest BCUT2D eigenvalue weighted by atomic mass is 10.1. The fourth-order valence-corrected chi connectivity index (χ4v) is 2.36. The molecule has 0 radical (unpaired) electrons. The van der Waals surface area contributed by atoms with E-state index >= 15 is 0 Å². The van der Waals surface area contributed by atoms with Gasteiger partial charge in [0.2, 0.25) is 10.0 Å². The number of benzene rings is 1. The number of carboxylic acids is 1. The molecule has 1 aromatic carbocycles. The summed E-state index contributed by atoms with van der Waals surface area (Å²) in [7, 11) is -3.71. The Kier molecular flexibility index (Phi) is 5.52. The van der Waals surface area contributed by atoms with E-state index < -0.39 is 16.0 Å². The first-order valence-electron chi connectivity index (χ1n) is 6.29. The highest BCUT2D eigenvalue weighted by molar-refractivity contribution is 7.89. The van der Waals surface area contributed by atoms with Crippen LogP contribution in [0.5, 0.6) is 0 Å². The maximum Gasteiger partial charge on any atom is 0.305 e. The fourth-order valence-electron chi connectivity index (χ4n) is 1.84. The number of nitrogens with zero attached hydrogens (tertiary/aromatic N) is 1. The fraction of sp³-hybridized carbons (Fsp3) is 0.462. The first kappa shape index (κ1) is 16.5. The van der Waals surface area contributed by atoms with E-state index in [0.717, 1.165) is 5.69 Å². The van der Waals surface area contributed by atoms with Gasteiger partial charge in [0, 0.05) is 18.8 Å². The minimum absolute atomic E-state index is 0.0314. The number of nitrogens with two attached hydrogens (primary N) is 1. The smallest absolute Gasteiger partial charge is 0.305 e. The summed E-state index contributed by atoms with van der Waals surface area (Å²) in [4.78, 5) is 12.7. The van der Waals surface area contributed by atoms with Gasteiger partial charge in [0.15, 0.2) is 0 Å². The average molecular weight is 300 g/mol. The van der Waals surface area contributed by atoms with E-state index in [2.05, 4.69) is 0 Å². The number of aliphatic carboxylic acids is 1. The van der Waals surface area contributed by atoms with Crippen molar-refractivity contribution < 1.29 is 18.3 Å². The zero-order valence-corrected chi connectivity index (χ0v) is 12.4. The molecule has 0 bridgehead atoms. The molecule has 0 unspecified atom stereocenters. The monoisotopic (exact) mass is 300 g/mol. The van der Waals surface area contributed by atoms with E-state index in [4.69, 9.17) is 10.2 Å². The summed E-state index contributed by atoms with van der Waals surface area (Å²) in [6.07, 6.45) is 0.0314. The van der Waals surface area contributed by atoms with Gasteiger partial charge in [0.25, 0.3) is 0 Å².